The van der Waals surface area contributed by atoms with Crippen LogP contribution in [0.25, 0.3) is 0 Å². The number of fused-ring (bicyclic) bond motifs is 1. The summed E-state index contributed by atoms with van der Waals surface area (Å²) in [4.78, 5) is 26.7. The number of nitrogens with one attached hydrogen (secondary N) is 2. The van der Waals surface area contributed by atoms with Crippen molar-refractivity contribution in [2.45, 2.75) is 44.2 Å². The van der Waals surface area contributed by atoms with Crippen molar-refractivity contribution in [2.75, 3.05) is 7.05 Å². The summed E-state index contributed by atoms with van der Waals surface area (Å²) in [6.45, 7) is 0. The lowest BCUT2D eigenvalue weighted by Gasteiger charge is -2.25. The maximum atomic E-state index is 12.8. The van der Waals surface area contributed by atoms with E-state index in [4.69, 9.17) is 0 Å². The molecule has 2 atom stereocenters. The normalized spacial score (nSPS) is 23.0. The number of H-pyrrole nitrogens is 1. The van der Waals surface area contributed by atoms with Gasteiger partial charge in [-0.05, 0) is 31.7 Å². The van der Waals surface area contributed by atoms with Crippen molar-refractivity contribution in [1.29, 1.82) is 0 Å². The van der Waals surface area contributed by atoms with Crippen LogP contribution in [-0.4, -0.2) is 49.8 Å². The number of rotatable bonds is 3. The molecule has 2 aromatic rings. The number of carbonyl (C=O) groups is 2. The minimum atomic E-state index is -0.295. The van der Waals surface area contributed by atoms with Crippen LogP contribution in [0.2, 0.25) is 0 Å². The van der Waals surface area contributed by atoms with Gasteiger partial charge in [0.1, 0.15) is 0 Å². The van der Waals surface area contributed by atoms with Crippen LogP contribution >= 0.6 is 0 Å². The van der Waals surface area contributed by atoms with Gasteiger partial charge < -0.3 is 10.2 Å². The molecular formula is C17H22N6O2. The number of nitrogens with zero attached hydrogens (tertiary/aromatic N) is 4. The second-order valence-corrected chi connectivity index (χ2v) is 6.85. The fraction of sp³-hybridized carbons (Fsp3) is 0.529. The van der Waals surface area contributed by atoms with Crippen LogP contribution in [0.3, 0.4) is 0 Å². The minimum absolute atomic E-state index is 0.0144. The van der Waals surface area contributed by atoms with E-state index in [1.54, 1.807) is 22.8 Å². The van der Waals surface area contributed by atoms with E-state index in [0.29, 0.717) is 5.69 Å². The number of aromatic amines is 1. The summed E-state index contributed by atoms with van der Waals surface area (Å²) in [6, 6.07) is 1.37. The molecule has 2 aliphatic rings. The lowest BCUT2D eigenvalue weighted by atomic mass is 9.95. The lowest BCUT2D eigenvalue weighted by molar-refractivity contribution is -0.127. The molecule has 1 fully saturated rings. The first-order valence-electron chi connectivity index (χ1n) is 8.67. The van der Waals surface area contributed by atoms with Gasteiger partial charge in [0.05, 0.1) is 17.8 Å². The zero-order valence-electron chi connectivity index (χ0n) is 14.5. The van der Waals surface area contributed by atoms with Crippen LogP contribution in [0.15, 0.2) is 12.3 Å². The van der Waals surface area contributed by atoms with Crippen molar-refractivity contribution >= 4 is 11.8 Å². The van der Waals surface area contributed by atoms with Crippen LogP contribution in [0.1, 0.15) is 52.7 Å². The number of aryl methyl sites for hydroxylation is 2. The Labute approximate surface area is 145 Å². The molecule has 25 heavy (non-hydrogen) atoms. The highest BCUT2D eigenvalue weighted by atomic mass is 16.2. The quantitative estimate of drug-likeness (QED) is 0.859. The van der Waals surface area contributed by atoms with Crippen molar-refractivity contribution in [1.82, 2.24) is 30.2 Å². The van der Waals surface area contributed by atoms with Gasteiger partial charge >= 0.3 is 0 Å². The predicted molar refractivity (Wildman–Crippen MR) is 89.8 cm³/mol. The highest BCUT2D eigenvalue weighted by molar-refractivity contribution is 5.95. The summed E-state index contributed by atoms with van der Waals surface area (Å²) >= 11 is 0. The van der Waals surface area contributed by atoms with Crippen LogP contribution < -0.4 is 5.32 Å². The summed E-state index contributed by atoms with van der Waals surface area (Å²) in [5.74, 6) is -0.194. The maximum Gasteiger partial charge on any atom is 0.272 e. The van der Waals surface area contributed by atoms with E-state index in [1.807, 2.05) is 13.1 Å². The van der Waals surface area contributed by atoms with Gasteiger partial charge in [0.15, 0.2) is 5.69 Å². The monoisotopic (exact) mass is 342 g/mol. The first-order valence-corrected chi connectivity index (χ1v) is 8.67. The van der Waals surface area contributed by atoms with Crippen LogP contribution in [0, 0.1) is 0 Å². The first-order chi connectivity index (χ1) is 12.1. The Morgan fingerprint density at radius 2 is 2.12 bits per heavy atom. The van der Waals surface area contributed by atoms with Crippen molar-refractivity contribution < 1.29 is 9.59 Å². The molecule has 132 valence electrons. The second kappa shape index (κ2) is 6.02. The van der Waals surface area contributed by atoms with E-state index in [9.17, 15) is 9.59 Å². The third kappa shape index (κ3) is 2.61. The zero-order valence-corrected chi connectivity index (χ0v) is 14.5. The number of amides is 2. The Balaban J connectivity index is 1.58. The Morgan fingerprint density at radius 1 is 1.32 bits per heavy atom. The molecule has 2 N–H and O–H groups in total. The predicted octanol–water partition coefficient (Wildman–Crippen LogP) is 0.724. The Hall–Kier alpha value is -2.64. The molecule has 3 heterocycles. The molecule has 0 spiro atoms. The molecule has 8 heteroatoms. The largest absolute Gasteiger partial charge is 0.345 e. The minimum Gasteiger partial charge on any atom is -0.345 e. The topological polar surface area (TPSA) is 95.9 Å². The van der Waals surface area contributed by atoms with Crippen molar-refractivity contribution in [3.63, 3.8) is 0 Å². The van der Waals surface area contributed by atoms with E-state index in [-0.39, 0.29) is 30.3 Å². The maximum absolute atomic E-state index is 12.8. The molecule has 0 bridgehead atoms. The van der Waals surface area contributed by atoms with Crippen molar-refractivity contribution in [3.05, 3.63) is 34.9 Å². The van der Waals surface area contributed by atoms with Gasteiger partial charge in [-0.1, -0.05) is 0 Å². The average Bonchev–Trinajstić information content (AvgIpc) is 3.27. The zero-order chi connectivity index (χ0) is 17.6. The number of likely N-dealkylation sites (N-methyl/N-ethyl adjacent to an activating group) is 1. The third-order valence-corrected chi connectivity index (χ3v) is 5.34. The van der Waals surface area contributed by atoms with E-state index in [0.717, 1.165) is 42.6 Å². The van der Waals surface area contributed by atoms with E-state index in [2.05, 4.69) is 20.6 Å². The highest BCUT2D eigenvalue weighted by Gasteiger charge is 2.41. The SMILES string of the molecule is CN1C(=O)C[C@@H](NC(=O)c2n[nH]c3c2CCCC3)[C@@H]1c1ccnn1C. The van der Waals surface area contributed by atoms with E-state index < -0.39 is 0 Å². The summed E-state index contributed by atoms with van der Waals surface area (Å²) < 4.78 is 1.75. The van der Waals surface area contributed by atoms with E-state index in [1.165, 1.54) is 0 Å². The Kier molecular flexibility index (Phi) is 3.82. The fourth-order valence-electron chi connectivity index (χ4n) is 3.98. The summed E-state index contributed by atoms with van der Waals surface area (Å²) in [5, 5.41) is 14.4. The summed E-state index contributed by atoms with van der Waals surface area (Å²) in [6.07, 6.45) is 6.01. The molecule has 0 unspecified atom stereocenters. The van der Waals surface area contributed by atoms with Gasteiger partial charge in [-0.2, -0.15) is 10.2 Å². The van der Waals surface area contributed by atoms with Crippen LogP contribution in [0.4, 0.5) is 0 Å². The molecule has 8 nitrogen and oxygen atoms in total. The number of hydrogen-bond donors (Lipinski definition) is 2. The van der Waals surface area contributed by atoms with Gasteiger partial charge in [0.25, 0.3) is 5.91 Å². The van der Waals surface area contributed by atoms with Crippen LogP contribution in [-0.2, 0) is 24.7 Å². The molecule has 1 saturated heterocycles. The molecular weight excluding hydrogens is 320 g/mol. The molecule has 1 aliphatic carbocycles. The van der Waals surface area contributed by atoms with Gasteiger partial charge in [-0.25, -0.2) is 0 Å². The average molecular weight is 342 g/mol. The standard InChI is InChI=1S/C17H22N6O2/c1-22-14(24)9-12(16(22)13-7-8-18-23(13)2)19-17(25)15-10-5-3-4-6-11(10)20-21-15/h7-8,12,16H,3-6,9H2,1-2H3,(H,19,25)(H,20,21)/t12-,16-/m1/s1. The Morgan fingerprint density at radius 3 is 2.88 bits per heavy atom. The molecule has 0 radical (unpaired) electrons. The first kappa shape index (κ1) is 15.9. The third-order valence-electron chi connectivity index (χ3n) is 5.34. The van der Waals surface area contributed by atoms with Gasteiger partial charge in [0.2, 0.25) is 5.91 Å². The number of aromatic nitrogens is 4. The molecule has 0 aromatic carbocycles. The fourth-order valence-corrected chi connectivity index (χ4v) is 3.98. The lowest BCUT2D eigenvalue weighted by Crippen LogP contribution is -2.40. The number of hydrogen-bond acceptors (Lipinski definition) is 4. The summed E-state index contributed by atoms with van der Waals surface area (Å²) in [5.41, 5.74) is 3.47. The second-order valence-electron chi connectivity index (χ2n) is 6.85. The number of likely N-dealkylation sites (tertiary alicyclic amines) is 1. The molecule has 2 amide bonds. The smallest absolute Gasteiger partial charge is 0.272 e. The number of carbonyl (C=O) groups excluding carboxylic acids is 2. The van der Waals surface area contributed by atoms with Crippen molar-refractivity contribution in [3.8, 4) is 0 Å². The molecule has 1 aliphatic heterocycles. The van der Waals surface area contributed by atoms with Crippen molar-refractivity contribution in [2.24, 2.45) is 7.05 Å². The van der Waals surface area contributed by atoms with E-state index >= 15 is 0 Å². The van der Waals surface area contributed by atoms with Crippen LogP contribution in [0.5, 0.6) is 0 Å². The van der Waals surface area contributed by atoms with Gasteiger partial charge in [-0.3, -0.25) is 19.4 Å². The molecule has 2 aromatic heterocycles. The van der Waals surface area contributed by atoms with Gasteiger partial charge in [-0.15, -0.1) is 0 Å². The van der Waals surface area contributed by atoms with Gasteiger partial charge in [0, 0.05) is 38.0 Å². The highest BCUT2D eigenvalue weighted by Crippen LogP contribution is 2.32. The molecule has 4 rings (SSSR count). The molecule has 0 saturated carbocycles. The summed E-state index contributed by atoms with van der Waals surface area (Å²) in [7, 11) is 3.61. The Bertz CT molecular complexity index is 823.